The number of pyridine rings is 1. The first-order valence-corrected chi connectivity index (χ1v) is 10.0. The largest absolute Gasteiger partial charge is 0.493 e. The number of aromatic nitrogens is 1. The third-order valence-corrected chi connectivity index (χ3v) is 5.47. The zero-order valence-corrected chi connectivity index (χ0v) is 16.9. The second-order valence-corrected chi connectivity index (χ2v) is 7.52. The topological polar surface area (TPSA) is 55.4 Å². The highest BCUT2D eigenvalue weighted by Crippen LogP contribution is 2.36. The number of piperidine rings is 1. The third kappa shape index (κ3) is 4.38. The van der Waals surface area contributed by atoms with E-state index in [0.717, 1.165) is 36.8 Å². The number of methoxy groups -OCH3 is 1. The van der Waals surface area contributed by atoms with Crippen LogP contribution < -0.4 is 20.1 Å². The number of halogens is 2. The van der Waals surface area contributed by atoms with Crippen LogP contribution in [0.3, 0.4) is 0 Å². The van der Waals surface area contributed by atoms with Gasteiger partial charge in [0.15, 0.2) is 17.3 Å². The lowest BCUT2D eigenvalue weighted by molar-refractivity contribution is 0.208. The predicted molar refractivity (Wildman–Crippen MR) is 114 cm³/mol. The number of nitrogens with zero attached hydrogens (tertiary/aromatic N) is 1. The summed E-state index contributed by atoms with van der Waals surface area (Å²) >= 11 is 5.91. The molecule has 0 saturated carbocycles. The first kappa shape index (κ1) is 19.7. The van der Waals surface area contributed by atoms with Gasteiger partial charge in [-0.1, -0.05) is 17.7 Å². The van der Waals surface area contributed by atoms with E-state index in [1.807, 2.05) is 12.1 Å². The van der Waals surface area contributed by atoms with Gasteiger partial charge in [-0.3, -0.25) is 4.98 Å². The van der Waals surface area contributed by atoms with Crippen LogP contribution in [0.2, 0.25) is 5.02 Å². The van der Waals surface area contributed by atoms with Gasteiger partial charge in [-0.15, -0.1) is 0 Å². The van der Waals surface area contributed by atoms with E-state index in [0.29, 0.717) is 35.4 Å². The monoisotopic (exact) mass is 415 g/mol. The number of hydrogen-bond donors (Lipinski definition) is 2. The van der Waals surface area contributed by atoms with E-state index < -0.39 is 5.82 Å². The molecule has 0 unspecified atom stereocenters. The Morgan fingerprint density at radius 1 is 1.17 bits per heavy atom. The first-order chi connectivity index (χ1) is 14.2. The molecule has 2 N–H and O–H groups in total. The number of anilines is 2. The number of benzene rings is 2. The molecule has 1 aromatic heterocycles. The van der Waals surface area contributed by atoms with Crippen LogP contribution >= 0.6 is 11.6 Å². The highest BCUT2D eigenvalue weighted by Gasteiger charge is 2.17. The molecule has 0 spiro atoms. The fourth-order valence-electron chi connectivity index (χ4n) is 3.54. The van der Waals surface area contributed by atoms with Gasteiger partial charge in [0.05, 0.1) is 29.9 Å². The van der Waals surface area contributed by atoms with Crippen molar-refractivity contribution in [3.8, 4) is 11.5 Å². The van der Waals surface area contributed by atoms with Crippen molar-refractivity contribution < 1.29 is 13.9 Å². The Morgan fingerprint density at radius 3 is 2.79 bits per heavy atom. The van der Waals surface area contributed by atoms with Crippen LogP contribution in [0.25, 0.3) is 10.9 Å². The van der Waals surface area contributed by atoms with Crippen LogP contribution in [0.4, 0.5) is 15.8 Å². The Bertz CT molecular complexity index is 1010. The van der Waals surface area contributed by atoms with Gasteiger partial charge in [0.1, 0.15) is 0 Å². The van der Waals surface area contributed by atoms with Crippen LogP contribution in [-0.4, -0.2) is 31.8 Å². The third-order valence-electron chi connectivity index (χ3n) is 5.18. The maximum absolute atomic E-state index is 14.4. The van der Waals surface area contributed by atoms with Gasteiger partial charge in [-0.2, -0.15) is 0 Å². The van der Waals surface area contributed by atoms with E-state index in [1.165, 1.54) is 6.07 Å². The van der Waals surface area contributed by atoms with Gasteiger partial charge in [0.25, 0.3) is 0 Å². The molecule has 0 aliphatic carbocycles. The Hall–Kier alpha value is -2.57. The fraction of sp³-hybridized carbons (Fsp3) is 0.318. The van der Waals surface area contributed by atoms with Crippen molar-refractivity contribution in [3.05, 3.63) is 53.4 Å². The number of nitrogens with one attached hydrogen (secondary N) is 2. The molecule has 5 nitrogen and oxygen atoms in total. The normalized spacial score (nSPS) is 14.7. The summed E-state index contributed by atoms with van der Waals surface area (Å²) in [5, 5.41) is 7.37. The van der Waals surface area contributed by atoms with Crippen LogP contribution in [0.15, 0.2) is 42.6 Å². The minimum atomic E-state index is -0.491. The molecule has 0 atom stereocenters. The number of ether oxygens (including phenoxy) is 2. The molecule has 2 heterocycles. The summed E-state index contributed by atoms with van der Waals surface area (Å²) in [6.45, 7) is 2.67. The van der Waals surface area contributed by atoms with Crippen LogP contribution in [-0.2, 0) is 0 Å². The molecule has 1 saturated heterocycles. The summed E-state index contributed by atoms with van der Waals surface area (Å²) in [7, 11) is 1.61. The lowest BCUT2D eigenvalue weighted by Gasteiger charge is -2.23. The van der Waals surface area contributed by atoms with E-state index in [2.05, 4.69) is 15.6 Å². The summed E-state index contributed by atoms with van der Waals surface area (Å²) in [5.41, 5.74) is 1.74. The van der Waals surface area contributed by atoms with Gasteiger partial charge in [-0.05, 0) is 56.1 Å². The highest BCUT2D eigenvalue weighted by molar-refractivity contribution is 6.31. The summed E-state index contributed by atoms with van der Waals surface area (Å²) in [6, 6.07) is 10.4. The summed E-state index contributed by atoms with van der Waals surface area (Å²) in [4.78, 5) is 4.42. The molecule has 152 valence electrons. The Balaban J connectivity index is 1.65. The Kier molecular flexibility index (Phi) is 6.02. The zero-order valence-electron chi connectivity index (χ0n) is 16.2. The van der Waals surface area contributed by atoms with Gasteiger partial charge >= 0.3 is 0 Å². The molecular formula is C22H23ClFN3O2. The fourth-order valence-corrected chi connectivity index (χ4v) is 3.71. The van der Waals surface area contributed by atoms with Crippen molar-refractivity contribution in [2.24, 2.45) is 5.92 Å². The lowest BCUT2D eigenvalue weighted by atomic mass is 9.99. The summed E-state index contributed by atoms with van der Waals surface area (Å²) < 4.78 is 26.0. The number of hydrogen-bond acceptors (Lipinski definition) is 5. The van der Waals surface area contributed by atoms with E-state index in [1.54, 1.807) is 31.5 Å². The maximum Gasteiger partial charge on any atom is 0.165 e. The lowest BCUT2D eigenvalue weighted by Crippen LogP contribution is -2.30. The molecule has 1 fully saturated rings. The Morgan fingerprint density at radius 2 is 2.00 bits per heavy atom. The van der Waals surface area contributed by atoms with Crippen molar-refractivity contribution in [2.75, 3.05) is 32.1 Å². The van der Waals surface area contributed by atoms with Gasteiger partial charge in [-0.25, -0.2) is 4.39 Å². The summed E-state index contributed by atoms with van der Waals surface area (Å²) in [6.07, 6.45) is 3.86. The van der Waals surface area contributed by atoms with Gasteiger partial charge < -0.3 is 20.1 Å². The zero-order chi connectivity index (χ0) is 20.2. The number of rotatable bonds is 6. The average molecular weight is 416 g/mol. The molecule has 1 aliphatic rings. The van der Waals surface area contributed by atoms with Crippen molar-refractivity contribution in [3.63, 3.8) is 0 Å². The van der Waals surface area contributed by atoms with Crippen LogP contribution in [0, 0.1) is 11.7 Å². The molecule has 1 aliphatic heterocycles. The van der Waals surface area contributed by atoms with Crippen molar-refractivity contribution in [2.45, 2.75) is 12.8 Å². The van der Waals surface area contributed by atoms with Crippen LogP contribution in [0.5, 0.6) is 11.5 Å². The molecule has 0 radical (unpaired) electrons. The maximum atomic E-state index is 14.4. The first-order valence-electron chi connectivity index (χ1n) is 9.67. The quantitative estimate of drug-likeness (QED) is 0.582. The SMILES string of the molecule is COc1cc2nccc(Nc3cccc(Cl)c3F)c2cc1OCC1CCNCC1. The molecule has 0 amide bonds. The second kappa shape index (κ2) is 8.84. The standard InChI is InChI=1S/C22H23ClFN3O2/c1-28-20-12-19-15(11-21(20)29-13-14-5-8-25-9-6-14)17(7-10-26-19)27-18-4-2-3-16(23)22(18)24/h2-4,7,10-12,14,25H,5-6,8-9,13H2,1H3,(H,26,27). The minimum absolute atomic E-state index is 0.0704. The van der Waals surface area contributed by atoms with Gasteiger partial charge in [0, 0.05) is 23.3 Å². The smallest absolute Gasteiger partial charge is 0.165 e. The molecule has 7 heteroatoms. The van der Waals surface area contributed by atoms with E-state index in [9.17, 15) is 4.39 Å². The number of fused-ring (bicyclic) bond motifs is 1. The van der Waals surface area contributed by atoms with E-state index in [-0.39, 0.29) is 5.02 Å². The van der Waals surface area contributed by atoms with E-state index >= 15 is 0 Å². The van der Waals surface area contributed by atoms with Gasteiger partial charge in [0.2, 0.25) is 0 Å². The minimum Gasteiger partial charge on any atom is -0.493 e. The summed E-state index contributed by atoms with van der Waals surface area (Å²) in [5.74, 6) is 1.31. The molecular weight excluding hydrogens is 393 g/mol. The molecule has 29 heavy (non-hydrogen) atoms. The second-order valence-electron chi connectivity index (χ2n) is 7.11. The molecule has 0 bridgehead atoms. The van der Waals surface area contributed by atoms with Crippen molar-refractivity contribution >= 4 is 33.9 Å². The van der Waals surface area contributed by atoms with Crippen LogP contribution in [0.1, 0.15) is 12.8 Å². The van der Waals surface area contributed by atoms with Crippen molar-refractivity contribution in [1.29, 1.82) is 0 Å². The predicted octanol–water partition coefficient (Wildman–Crippen LogP) is 5.16. The Labute approximate surface area is 174 Å². The van der Waals surface area contributed by atoms with Crippen molar-refractivity contribution in [1.82, 2.24) is 10.3 Å². The highest BCUT2D eigenvalue weighted by atomic mass is 35.5. The average Bonchev–Trinajstić information content (AvgIpc) is 2.76. The van der Waals surface area contributed by atoms with E-state index in [4.69, 9.17) is 21.1 Å². The molecule has 4 rings (SSSR count). The molecule has 2 aromatic carbocycles. The molecule has 3 aromatic rings.